The van der Waals surface area contributed by atoms with Crippen LogP contribution in [0.3, 0.4) is 0 Å². The summed E-state index contributed by atoms with van der Waals surface area (Å²) >= 11 is 0. The Kier molecular flexibility index (Phi) is 11.0. The molecule has 0 spiro atoms. The van der Waals surface area contributed by atoms with E-state index in [9.17, 15) is 36.7 Å². The third kappa shape index (κ3) is 8.75. The van der Waals surface area contributed by atoms with E-state index in [2.05, 4.69) is 15.4 Å². The first kappa shape index (κ1) is 30.1. The Morgan fingerprint density at radius 1 is 0.921 bits per heavy atom. The first-order chi connectivity index (χ1) is 17.9. The van der Waals surface area contributed by atoms with Crippen molar-refractivity contribution in [2.24, 2.45) is 5.92 Å². The van der Waals surface area contributed by atoms with Gasteiger partial charge in [0.25, 0.3) is 0 Å². The van der Waals surface area contributed by atoms with E-state index >= 15 is 0 Å². The Balaban J connectivity index is 2.03. The Labute approximate surface area is 215 Å². The number of hydrogen-bond donors (Lipinski definition) is 3. The molecule has 2 unspecified atom stereocenters. The molecule has 0 radical (unpaired) electrons. The third-order valence-electron chi connectivity index (χ3n) is 5.12. The molecular formula is C25H26F4N2O7. The second-order valence-electron chi connectivity index (χ2n) is 8.41. The number of amides is 2. The van der Waals surface area contributed by atoms with Crippen molar-refractivity contribution >= 4 is 23.6 Å². The van der Waals surface area contributed by atoms with Gasteiger partial charge in [-0.2, -0.15) is 8.78 Å². The summed E-state index contributed by atoms with van der Waals surface area (Å²) in [6.45, 7) is 1.97. The van der Waals surface area contributed by atoms with Crippen LogP contribution in [0.2, 0.25) is 0 Å². The van der Waals surface area contributed by atoms with Gasteiger partial charge < -0.3 is 25.2 Å². The minimum atomic E-state index is -1.89. The molecule has 0 bridgehead atoms. The largest absolute Gasteiger partial charge is 0.493 e. The summed E-state index contributed by atoms with van der Waals surface area (Å²) in [7, 11) is 0. The van der Waals surface area contributed by atoms with Crippen molar-refractivity contribution in [2.75, 3.05) is 13.2 Å². The Bertz CT molecular complexity index is 1140. The quantitative estimate of drug-likeness (QED) is 0.247. The first-order valence-corrected chi connectivity index (χ1v) is 11.4. The highest BCUT2D eigenvalue weighted by atomic mass is 19.2. The van der Waals surface area contributed by atoms with Gasteiger partial charge >= 0.3 is 5.97 Å². The molecule has 0 aromatic heterocycles. The lowest BCUT2D eigenvalue weighted by molar-refractivity contribution is -0.141. The molecule has 2 rings (SSSR count). The van der Waals surface area contributed by atoms with Crippen LogP contribution in [0.4, 0.5) is 17.6 Å². The molecule has 0 fully saturated rings. The first-order valence-electron chi connectivity index (χ1n) is 11.4. The molecule has 13 heteroatoms. The number of ether oxygens (including phenoxy) is 2. The van der Waals surface area contributed by atoms with Crippen LogP contribution >= 0.6 is 0 Å². The van der Waals surface area contributed by atoms with Gasteiger partial charge in [-0.15, -0.1) is 0 Å². The fourth-order valence-corrected chi connectivity index (χ4v) is 3.16. The second-order valence-corrected chi connectivity index (χ2v) is 8.41. The highest BCUT2D eigenvalue weighted by Gasteiger charge is 2.31. The average Bonchev–Trinajstić information content (AvgIpc) is 2.85. The van der Waals surface area contributed by atoms with Gasteiger partial charge in [-0.3, -0.25) is 19.2 Å². The summed E-state index contributed by atoms with van der Waals surface area (Å²) in [5.74, 6) is -12.9. The van der Waals surface area contributed by atoms with Crippen LogP contribution in [0.15, 0.2) is 36.4 Å². The predicted octanol–water partition coefficient (Wildman–Crippen LogP) is 2.76. The Hall–Kier alpha value is -4.16. The van der Waals surface area contributed by atoms with Crippen molar-refractivity contribution in [1.82, 2.24) is 10.6 Å². The number of carbonyl (C=O) groups excluding carboxylic acids is 3. The highest BCUT2D eigenvalue weighted by molar-refractivity contribution is 5.95. The van der Waals surface area contributed by atoms with Gasteiger partial charge in [-0.1, -0.05) is 32.0 Å². The van der Waals surface area contributed by atoms with Gasteiger partial charge in [0.15, 0.2) is 23.2 Å². The van der Waals surface area contributed by atoms with Gasteiger partial charge in [-0.05, 0) is 18.1 Å². The molecule has 0 saturated heterocycles. The minimum absolute atomic E-state index is 0.00748. The molecule has 0 aliphatic carbocycles. The van der Waals surface area contributed by atoms with E-state index in [1.54, 1.807) is 44.2 Å². The number of benzene rings is 2. The van der Waals surface area contributed by atoms with E-state index in [1.165, 1.54) is 0 Å². The van der Waals surface area contributed by atoms with Crippen LogP contribution in [0.25, 0.3) is 0 Å². The zero-order valence-electron chi connectivity index (χ0n) is 20.4. The van der Waals surface area contributed by atoms with E-state index in [-0.39, 0.29) is 19.1 Å². The van der Waals surface area contributed by atoms with E-state index in [4.69, 9.17) is 9.84 Å². The number of aliphatic carboxylic acids is 1. The van der Waals surface area contributed by atoms with E-state index in [1.807, 2.05) is 0 Å². The van der Waals surface area contributed by atoms with Crippen molar-refractivity contribution < 1.29 is 51.3 Å². The second kappa shape index (κ2) is 14.0. The summed E-state index contributed by atoms with van der Waals surface area (Å²) in [6, 6.07) is 5.69. The van der Waals surface area contributed by atoms with Crippen LogP contribution in [0.5, 0.6) is 11.5 Å². The van der Waals surface area contributed by atoms with Crippen molar-refractivity contribution in [3.05, 3.63) is 59.7 Å². The number of carboxylic acids is 1. The number of hydrogen-bond acceptors (Lipinski definition) is 6. The number of nitrogens with one attached hydrogen (secondary N) is 2. The maximum atomic E-state index is 13.8. The summed E-state index contributed by atoms with van der Waals surface area (Å²) < 4.78 is 64.3. The van der Waals surface area contributed by atoms with Crippen molar-refractivity contribution in [2.45, 2.75) is 38.8 Å². The van der Waals surface area contributed by atoms with Crippen LogP contribution in [-0.4, -0.2) is 54.0 Å². The summed E-state index contributed by atoms with van der Waals surface area (Å²) in [6.07, 6.45) is -1.06. The van der Waals surface area contributed by atoms with E-state index < -0.39 is 83.6 Å². The molecular weight excluding hydrogens is 516 g/mol. The number of ketones is 1. The number of carboxylic acid groups (broad SMARTS) is 1. The molecule has 2 atom stereocenters. The van der Waals surface area contributed by atoms with Gasteiger partial charge in [0.05, 0.1) is 19.4 Å². The molecule has 38 heavy (non-hydrogen) atoms. The normalized spacial score (nSPS) is 12.4. The zero-order valence-corrected chi connectivity index (χ0v) is 20.4. The number of rotatable bonds is 14. The molecule has 2 aromatic rings. The lowest BCUT2D eigenvalue weighted by atomic mass is 10.0. The molecule has 0 heterocycles. The highest BCUT2D eigenvalue weighted by Crippen LogP contribution is 2.26. The summed E-state index contributed by atoms with van der Waals surface area (Å²) in [5.41, 5.74) is 0. The molecule has 0 aliphatic rings. The summed E-state index contributed by atoms with van der Waals surface area (Å²) in [4.78, 5) is 48.9. The van der Waals surface area contributed by atoms with Crippen LogP contribution in [0, 0.1) is 29.2 Å². The predicted molar refractivity (Wildman–Crippen MR) is 124 cm³/mol. The van der Waals surface area contributed by atoms with Crippen LogP contribution in [-0.2, 0) is 19.2 Å². The van der Waals surface area contributed by atoms with Crippen LogP contribution < -0.4 is 20.1 Å². The number of Topliss-reactive ketones (excluding diaryl/α,β-unsaturated/α-hetero) is 1. The monoisotopic (exact) mass is 542 g/mol. The number of para-hydroxylation sites is 1. The zero-order chi connectivity index (χ0) is 28.4. The molecule has 2 aromatic carbocycles. The van der Waals surface area contributed by atoms with Gasteiger partial charge in [0, 0.05) is 6.07 Å². The summed E-state index contributed by atoms with van der Waals surface area (Å²) in [5, 5.41) is 13.8. The topological polar surface area (TPSA) is 131 Å². The lowest BCUT2D eigenvalue weighted by Crippen LogP contribution is -2.54. The van der Waals surface area contributed by atoms with Gasteiger partial charge in [0.1, 0.15) is 24.4 Å². The van der Waals surface area contributed by atoms with Crippen molar-refractivity contribution in [3.8, 4) is 11.5 Å². The lowest BCUT2D eigenvalue weighted by Gasteiger charge is -2.24. The Morgan fingerprint density at radius 3 is 2.08 bits per heavy atom. The van der Waals surface area contributed by atoms with E-state index in [0.717, 1.165) is 0 Å². The van der Waals surface area contributed by atoms with Crippen molar-refractivity contribution in [3.63, 3.8) is 0 Å². The molecule has 3 N–H and O–H groups in total. The minimum Gasteiger partial charge on any atom is -0.493 e. The molecule has 2 amide bonds. The SMILES string of the molecule is CC(C)C(NC(=O)CCOc1ccccc1)C(=O)NC(CC(=O)O)C(=O)COc1c(F)c(F)cc(F)c1F. The van der Waals surface area contributed by atoms with Gasteiger partial charge in [-0.25, -0.2) is 8.78 Å². The standard InChI is InChI=1S/C25H26F4N2O7/c1-13(2)23(31-19(33)8-9-37-14-6-4-3-5-7-14)25(36)30-17(11-20(34)35)18(32)12-38-24-21(28)15(26)10-16(27)22(24)29/h3-7,10,13,17,23H,8-9,11-12H2,1-2H3,(H,30,36)(H,31,33)(H,34,35). The maximum Gasteiger partial charge on any atom is 0.305 e. The maximum absolute atomic E-state index is 13.8. The Morgan fingerprint density at radius 2 is 1.53 bits per heavy atom. The van der Waals surface area contributed by atoms with Crippen molar-refractivity contribution in [1.29, 1.82) is 0 Å². The number of halogens is 4. The fraction of sp³-hybridized carbons (Fsp3) is 0.360. The average molecular weight is 542 g/mol. The molecule has 0 saturated carbocycles. The fourth-order valence-electron chi connectivity index (χ4n) is 3.16. The number of carbonyl (C=O) groups is 4. The smallest absolute Gasteiger partial charge is 0.305 e. The molecule has 206 valence electrons. The van der Waals surface area contributed by atoms with E-state index in [0.29, 0.717) is 5.75 Å². The molecule has 9 nitrogen and oxygen atoms in total. The third-order valence-corrected chi connectivity index (χ3v) is 5.12. The molecule has 0 aliphatic heterocycles. The van der Waals surface area contributed by atoms with Gasteiger partial charge in [0.2, 0.25) is 23.4 Å². The van der Waals surface area contributed by atoms with Crippen LogP contribution in [0.1, 0.15) is 26.7 Å².